The summed E-state index contributed by atoms with van der Waals surface area (Å²) in [5.74, 6) is -0.163. The van der Waals surface area contributed by atoms with Crippen LogP contribution in [0.4, 0.5) is 17.1 Å². The molecule has 0 heterocycles. The van der Waals surface area contributed by atoms with Crippen LogP contribution in [-0.4, -0.2) is 13.0 Å². The van der Waals surface area contributed by atoms with Crippen molar-refractivity contribution in [3.8, 4) is 0 Å². The highest BCUT2D eigenvalue weighted by Gasteiger charge is 2.11. The lowest BCUT2D eigenvalue weighted by Gasteiger charge is -2.13. The Bertz CT molecular complexity index is 630. The summed E-state index contributed by atoms with van der Waals surface area (Å²) in [7, 11) is 1.60. The van der Waals surface area contributed by atoms with Gasteiger partial charge in [0.2, 0.25) is 0 Å². The van der Waals surface area contributed by atoms with E-state index in [1.807, 2.05) is 32.0 Å². The maximum Gasteiger partial charge on any atom is 0.253 e. The van der Waals surface area contributed by atoms with Crippen molar-refractivity contribution in [2.45, 2.75) is 13.8 Å². The van der Waals surface area contributed by atoms with Crippen molar-refractivity contribution in [2.75, 3.05) is 18.1 Å². The molecule has 0 saturated carbocycles. The first-order valence-corrected chi connectivity index (χ1v) is 6.46. The van der Waals surface area contributed by atoms with E-state index in [0.29, 0.717) is 11.3 Å². The molecule has 0 atom stereocenters. The lowest BCUT2D eigenvalue weighted by Crippen LogP contribution is -2.19. The molecule has 0 bridgehead atoms. The van der Waals surface area contributed by atoms with Crippen molar-refractivity contribution < 1.29 is 4.79 Å². The molecule has 0 unspecified atom stereocenters. The molecule has 1 amide bonds. The zero-order valence-corrected chi connectivity index (χ0v) is 11.9. The van der Waals surface area contributed by atoms with Crippen LogP contribution in [0.1, 0.15) is 21.5 Å². The van der Waals surface area contributed by atoms with Gasteiger partial charge in [-0.1, -0.05) is 6.07 Å². The molecular weight excluding hydrogens is 250 g/mol. The van der Waals surface area contributed by atoms with E-state index in [0.717, 1.165) is 11.4 Å². The monoisotopic (exact) mass is 269 g/mol. The van der Waals surface area contributed by atoms with E-state index < -0.39 is 0 Å². The molecule has 0 aliphatic carbocycles. The van der Waals surface area contributed by atoms with Gasteiger partial charge in [0, 0.05) is 18.4 Å². The molecule has 0 radical (unpaired) electrons. The third-order valence-electron chi connectivity index (χ3n) is 3.02. The second kappa shape index (κ2) is 5.65. The van der Waals surface area contributed by atoms with E-state index >= 15 is 0 Å². The van der Waals surface area contributed by atoms with Crippen molar-refractivity contribution in [3.05, 3.63) is 53.1 Å². The highest BCUT2D eigenvalue weighted by atomic mass is 16.1. The van der Waals surface area contributed by atoms with Gasteiger partial charge in [-0.15, -0.1) is 0 Å². The second-order valence-electron chi connectivity index (χ2n) is 4.89. The van der Waals surface area contributed by atoms with E-state index in [-0.39, 0.29) is 5.91 Å². The van der Waals surface area contributed by atoms with E-state index in [1.165, 1.54) is 11.1 Å². The quantitative estimate of drug-likeness (QED) is 0.750. The minimum atomic E-state index is -0.163. The normalized spacial score (nSPS) is 10.2. The number of carbonyl (C=O) groups excluding carboxylic acids is 1. The van der Waals surface area contributed by atoms with Crippen LogP contribution in [0.3, 0.4) is 0 Å². The molecule has 2 rings (SSSR count). The van der Waals surface area contributed by atoms with Gasteiger partial charge in [-0.2, -0.15) is 0 Å². The van der Waals surface area contributed by atoms with Gasteiger partial charge < -0.3 is 16.4 Å². The Morgan fingerprint density at radius 2 is 1.70 bits per heavy atom. The van der Waals surface area contributed by atoms with Gasteiger partial charge >= 0.3 is 0 Å². The summed E-state index contributed by atoms with van der Waals surface area (Å²) < 4.78 is 0. The van der Waals surface area contributed by atoms with Gasteiger partial charge in [0.1, 0.15) is 0 Å². The Kier molecular flexibility index (Phi) is 3.94. The first-order chi connectivity index (χ1) is 9.49. The van der Waals surface area contributed by atoms with Crippen molar-refractivity contribution in [1.29, 1.82) is 0 Å². The Morgan fingerprint density at radius 3 is 2.30 bits per heavy atom. The number of anilines is 3. The molecule has 0 aliphatic rings. The fourth-order valence-electron chi connectivity index (χ4n) is 2.20. The summed E-state index contributed by atoms with van der Waals surface area (Å²) in [5, 5.41) is 5.90. The summed E-state index contributed by atoms with van der Waals surface area (Å²) in [6, 6.07) is 11.4. The number of hydrogen-bond acceptors (Lipinski definition) is 3. The number of aryl methyl sites for hydroxylation is 2. The number of benzene rings is 2. The number of nitrogen functional groups attached to an aromatic ring is 1. The van der Waals surface area contributed by atoms with E-state index in [1.54, 1.807) is 19.2 Å². The fourth-order valence-corrected chi connectivity index (χ4v) is 2.20. The van der Waals surface area contributed by atoms with Gasteiger partial charge in [-0.3, -0.25) is 4.79 Å². The predicted octanol–water partition coefficient (Wildman–Crippen LogP) is 2.99. The molecule has 0 spiro atoms. The van der Waals surface area contributed by atoms with Gasteiger partial charge in [-0.05, 0) is 55.3 Å². The predicted molar refractivity (Wildman–Crippen MR) is 83.4 cm³/mol. The second-order valence-corrected chi connectivity index (χ2v) is 4.89. The third-order valence-corrected chi connectivity index (χ3v) is 3.02. The molecule has 104 valence electrons. The van der Waals surface area contributed by atoms with Crippen LogP contribution in [0, 0.1) is 13.8 Å². The zero-order chi connectivity index (χ0) is 14.7. The van der Waals surface area contributed by atoms with Crippen LogP contribution in [0.5, 0.6) is 0 Å². The zero-order valence-electron chi connectivity index (χ0n) is 11.9. The van der Waals surface area contributed by atoms with Crippen molar-refractivity contribution in [3.63, 3.8) is 0 Å². The van der Waals surface area contributed by atoms with Crippen LogP contribution in [0.25, 0.3) is 0 Å². The number of nitrogens with two attached hydrogens (primary N) is 1. The molecule has 2 aromatic carbocycles. The Hall–Kier alpha value is -2.49. The minimum Gasteiger partial charge on any atom is -0.399 e. The maximum atomic E-state index is 11.9. The lowest BCUT2D eigenvalue weighted by molar-refractivity contribution is 0.0964. The van der Waals surface area contributed by atoms with Crippen LogP contribution in [0.15, 0.2) is 36.4 Å². The highest BCUT2D eigenvalue weighted by Crippen LogP contribution is 2.24. The average Bonchev–Trinajstić information content (AvgIpc) is 2.38. The van der Waals surface area contributed by atoms with Gasteiger partial charge in [0.25, 0.3) is 5.91 Å². The molecule has 2 aromatic rings. The van der Waals surface area contributed by atoms with Crippen LogP contribution in [-0.2, 0) is 0 Å². The molecule has 0 fully saturated rings. The summed E-state index contributed by atoms with van der Waals surface area (Å²) in [5.41, 5.74) is 10.9. The lowest BCUT2D eigenvalue weighted by atomic mass is 10.1. The smallest absolute Gasteiger partial charge is 0.253 e. The molecule has 0 aliphatic heterocycles. The van der Waals surface area contributed by atoms with E-state index in [9.17, 15) is 4.79 Å². The largest absolute Gasteiger partial charge is 0.399 e. The first kappa shape index (κ1) is 13.9. The number of carbonyl (C=O) groups is 1. The summed E-state index contributed by atoms with van der Waals surface area (Å²) in [4.78, 5) is 11.9. The minimum absolute atomic E-state index is 0.163. The average molecular weight is 269 g/mol. The summed E-state index contributed by atoms with van der Waals surface area (Å²) in [6.45, 7) is 4.08. The number of nitrogens with one attached hydrogen (secondary N) is 2. The Morgan fingerprint density at radius 1 is 1.05 bits per heavy atom. The Balaban J connectivity index is 2.40. The number of amides is 1. The molecule has 20 heavy (non-hydrogen) atoms. The van der Waals surface area contributed by atoms with Crippen molar-refractivity contribution in [2.24, 2.45) is 0 Å². The van der Waals surface area contributed by atoms with E-state index in [2.05, 4.69) is 16.7 Å². The van der Waals surface area contributed by atoms with Gasteiger partial charge in [0.15, 0.2) is 0 Å². The molecule has 0 saturated heterocycles. The van der Waals surface area contributed by atoms with Crippen molar-refractivity contribution in [1.82, 2.24) is 5.32 Å². The SMILES string of the molecule is CNC(=O)c1cc(N)ccc1Nc1cc(C)cc(C)c1. The highest BCUT2D eigenvalue weighted by molar-refractivity contribution is 6.01. The van der Waals surface area contributed by atoms with Crippen molar-refractivity contribution >= 4 is 23.0 Å². The number of rotatable bonds is 3. The molecule has 4 heteroatoms. The summed E-state index contributed by atoms with van der Waals surface area (Å²) in [6.07, 6.45) is 0. The van der Waals surface area contributed by atoms with Crippen LogP contribution < -0.4 is 16.4 Å². The van der Waals surface area contributed by atoms with Crippen LogP contribution in [0.2, 0.25) is 0 Å². The molecule has 4 N–H and O–H groups in total. The Labute approximate surface area is 119 Å². The molecular formula is C16H19N3O. The first-order valence-electron chi connectivity index (χ1n) is 6.46. The maximum absolute atomic E-state index is 11.9. The molecule has 4 nitrogen and oxygen atoms in total. The fraction of sp³-hybridized carbons (Fsp3) is 0.188. The van der Waals surface area contributed by atoms with Crippen LogP contribution >= 0.6 is 0 Å². The number of hydrogen-bond donors (Lipinski definition) is 3. The van der Waals surface area contributed by atoms with Gasteiger partial charge in [0.05, 0.1) is 11.3 Å². The topological polar surface area (TPSA) is 67.2 Å². The van der Waals surface area contributed by atoms with Gasteiger partial charge in [-0.25, -0.2) is 0 Å². The molecule has 0 aromatic heterocycles. The third kappa shape index (κ3) is 3.09. The standard InChI is InChI=1S/C16H19N3O/c1-10-6-11(2)8-13(7-10)19-15-5-4-12(17)9-14(15)16(20)18-3/h4-9,19H,17H2,1-3H3,(H,18,20). The summed E-state index contributed by atoms with van der Waals surface area (Å²) >= 11 is 0. The van der Waals surface area contributed by atoms with E-state index in [4.69, 9.17) is 5.73 Å².